The van der Waals surface area contributed by atoms with Crippen molar-refractivity contribution in [1.29, 1.82) is 0 Å². The molecule has 118 valence electrons. The summed E-state index contributed by atoms with van der Waals surface area (Å²) in [6.45, 7) is 0. The first-order chi connectivity index (χ1) is 10.3. The summed E-state index contributed by atoms with van der Waals surface area (Å²) in [5, 5.41) is 11.6. The molecule has 0 bridgehead atoms. The van der Waals surface area contributed by atoms with Gasteiger partial charge in [-0.2, -0.15) is 0 Å². The third kappa shape index (κ3) is 3.48. The molecule has 0 spiro atoms. The van der Waals surface area contributed by atoms with Crippen molar-refractivity contribution < 1.29 is 9.90 Å². The molecular formula is C17H27NO2S. The van der Waals surface area contributed by atoms with E-state index in [0.717, 1.165) is 25.7 Å². The molecule has 1 N–H and O–H groups in total. The number of carbonyl (C=O) groups is 1. The van der Waals surface area contributed by atoms with Crippen LogP contribution in [0.3, 0.4) is 0 Å². The van der Waals surface area contributed by atoms with Crippen LogP contribution in [0, 0.1) is 0 Å². The summed E-state index contributed by atoms with van der Waals surface area (Å²) < 4.78 is 0. The molecule has 0 aromatic heterocycles. The largest absolute Gasteiger partial charge is 0.387 e. The number of aliphatic hydroxyl groups is 1. The molecular weight excluding hydrogens is 282 g/mol. The average molecular weight is 309 g/mol. The predicted octanol–water partition coefficient (Wildman–Crippen LogP) is 3.47. The summed E-state index contributed by atoms with van der Waals surface area (Å²) in [6.07, 6.45) is 13.4. The highest BCUT2D eigenvalue weighted by molar-refractivity contribution is 8.03. The Balaban J connectivity index is 1.75. The fourth-order valence-corrected chi connectivity index (χ4v) is 5.03. The molecule has 0 aromatic rings. The molecule has 0 radical (unpaired) electrons. The van der Waals surface area contributed by atoms with Crippen LogP contribution in [0.15, 0.2) is 11.5 Å². The van der Waals surface area contributed by atoms with E-state index in [1.165, 1.54) is 50.3 Å². The molecule has 0 aromatic carbocycles. The third-order valence-electron chi connectivity index (χ3n) is 5.25. The molecule has 1 heterocycles. The van der Waals surface area contributed by atoms with Crippen LogP contribution in [0.4, 0.5) is 0 Å². The maximum Gasteiger partial charge on any atom is 0.239 e. The van der Waals surface area contributed by atoms with E-state index in [-0.39, 0.29) is 11.2 Å². The number of hydrogen-bond acceptors (Lipinski definition) is 3. The van der Waals surface area contributed by atoms with Gasteiger partial charge >= 0.3 is 0 Å². The fraction of sp³-hybridized carbons (Fsp3) is 0.824. The standard InChI is InChI=1S/C17H27NO2S/c19-15-11-12-21-16(15)17(20)18(13-7-3-1-4-8-13)14-9-5-2-6-10-14/h11-16,19H,1-10H2. The minimum absolute atomic E-state index is 0.191. The van der Waals surface area contributed by atoms with E-state index >= 15 is 0 Å². The first kappa shape index (κ1) is 15.4. The summed E-state index contributed by atoms with van der Waals surface area (Å²) in [6, 6.07) is 0.838. The molecule has 1 amide bonds. The lowest BCUT2D eigenvalue weighted by atomic mass is 9.88. The molecule has 2 unspecified atom stereocenters. The van der Waals surface area contributed by atoms with E-state index in [0.29, 0.717) is 12.1 Å². The minimum Gasteiger partial charge on any atom is -0.387 e. The number of aliphatic hydroxyl groups excluding tert-OH is 1. The van der Waals surface area contributed by atoms with E-state index in [4.69, 9.17) is 0 Å². The summed E-state index contributed by atoms with van der Waals surface area (Å²) in [5.74, 6) is 0.191. The number of thioether (sulfide) groups is 1. The highest BCUT2D eigenvalue weighted by Crippen LogP contribution is 2.34. The van der Waals surface area contributed by atoms with E-state index in [9.17, 15) is 9.90 Å². The molecule has 3 nitrogen and oxygen atoms in total. The number of carbonyl (C=O) groups excluding carboxylic acids is 1. The second-order valence-corrected chi connectivity index (χ2v) is 7.76. The zero-order valence-electron chi connectivity index (χ0n) is 12.7. The monoisotopic (exact) mass is 309 g/mol. The molecule has 1 aliphatic heterocycles. The molecule has 2 aliphatic carbocycles. The van der Waals surface area contributed by atoms with Crippen LogP contribution < -0.4 is 0 Å². The lowest BCUT2D eigenvalue weighted by Gasteiger charge is -2.43. The lowest BCUT2D eigenvalue weighted by Crippen LogP contribution is -2.53. The number of amides is 1. The van der Waals surface area contributed by atoms with E-state index < -0.39 is 6.10 Å². The maximum absolute atomic E-state index is 13.1. The van der Waals surface area contributed by atoms with Gasteiger partial charge in [0.1, 0.15) is 5.25 Å². The van der Waals surface area contributed by atoms with Crippen LogP contribution in [-0.4, -0.2) is 39.4 Å². The normalized spacial score (nSPS) is 31.5. The zero-order chi connectivity index (χ0) is 14.7. The smallest absolute Gasteiger partial charge is 0.239 e. The van der Waals surface area contributed by atoms with Crippen molar-refractivity contribution in [2.45, 2.75) is 87.6 Å². The van der Waals surface area contributed by atoms with Crippen molar-refractivity contribution in [2.75, 3.05) is 0 Å². The van der Waals surface area contributed by atoms with Gasteiger partial charge in [-0.05, 0) is 37.2 Å². The Morgan fingerprint density at radius 2 is 1.48 bits per heavy atom. The Morgan fingerprint density at radius 1 is 0.952 bits per heavy atom. The zero-order valence-corrected chi connectivity index (χ0v) is 13.6. The van der Waals surface area contributed by atoms with Crippen LogP contribution in [0.25, 0.3) is 0 Å². The van der Waals surface area contributed by atoms with Crippen LogP contribution in [-0.2, 0) is 4.79 Å². The molecule has 3 aliphatic rings. The third-order valence-corrected chi connectivity index (χ3v) is 6.33. The van der Waals surface area contributed by atoms with Crippen molar-refractivity contribution in [3.05, 3.63) is 11.5 Å². The molecule has 21 heavy (non-hydrogen) atoms. The van der Waals surface area contributed by atoms with Crippen LogP contribution in [0.2, 0.25) is 0 Å². The van der Waals surface area contributed by atoms with Gasteiger partial charge in [-0.1, -0.05) is 38.5 Å². The van der Waals surface area contributed by atoms with Gasteiger partial charge in [-0.25, -0.2) is 0 Å². The van der Waals surface area contributed by atoms with Gasteiger partial charge in [0.2, 0.25) is 5.91 Å². The first-order valence-corrected chi connectivity index (χ1v) is 9.54. The van der Waals surface area contributed by atoms with Gasteiger partial charge < -0.3 is 10.0 Å². The van der Waals surface area contributed by atoms with Gasteiger partial charge in [0, 0.05) is 12.1 Å². The number of rotatable bonds is 3. The summed E-state index contributed by atoms with van der Waals surface area (Å²) >= 11 is 1.49. The van der Waals surface area contributed by atoms with E-state index in [1.54, 1.807) is 6.08 Å². The Morgan fingerprint density at radius 3 is 1.90 bits per heavy atom. The van der Waals surface area contributed by atoms with Crippen LogP contribution >= 0.6 is 11.8 Å². The van der Waals surface area contributed by atoms with Gasteiger partial charge in [0.05, 0.1) is 6.10 Å². The highest BCUT2D eigenvalue weighted by atomic mass is 32.2. The van der Waals surface area contributed by atoms with Crippen molar-refractivity contribution in [2.24, 2.45) is 0 Å². The molecule has 4 heteroatoms. The Hall–Kier alpha value is -0.480. The quantitative estimate of drug-likeness (QED) is 0.868. The predicted molar refractivity (Wildman–Crippen MR) is 87.1 cm³/mol. The summed E-state index contributed by atoms with van der Waals surface area (Å²) in [4.78, 5) is 15.3. The highest BCUT2D eigenvalue weighted by Gasteiger charge is 2.39. The summed E-state index contributed by atoms with van der Waals surface area (Å²) in [5.41, 5.74) is 0. The van der Waals surface area contributed by atoms with Crippen LogP contribution in [0.5, 0.6) is 0 Å². The summed E-state index contributed by atoms with van der Waals surface area (Å²) in [7, 11) is 0. The second-order valence-electron chi connectivity index (χ2n) is 6.70. The fourth-order valence-electron chi connectivity index (χ4n) is 4.12. The Kier molecular flexibility index (Phi) is 5.28. The Labute approximate surface area is 132 Å². The molecule has 2 saturated carbocycles. The molecule has 0 saturated heterocycles. The van der Waals surface area contributed by atoms with Crippen molar-refractivity contribution in [1.82, 2.24) is 4.90 Å². The van der Waals surface area contributed by atoms with Crippen molar-refractivity contribution >= 4 is 17.7 Å². The second kappa shape index (κ2) is 7.19. The van der Waals surface area contributed by atoms with Gasteiger partial charge in [-0.15, -0.1) is 11.8 Å². The topological polar surface area (TPSA) is 40.5 Å². The minimum atomic E-state index is -0.600. The van der Waals surface area contributed by atoms with Gasteiger partial charge in [-0.3, -0.25) is 4.79 Å². The molecule has 2 fully saturated rings. The number of hydrogen-bond donors (Lipinski definition) is 1. The SMILES string of the molecule is O=C(C1SC=CC1O)N(C1CCCCC1)C1CCCCC1. The van der Waals surface area contributed by atoms with E-state index in [1.807, 2.05) is 5.41 Å². The number of nitrogens with zero attached hydrogens (tertiary/aromatic N) is 1. The average Bonchev–Trinajstić information content (AvgIpc) is 2.96. The Bertz CT molecular complexity index is 368. The van der Waals surface area contributed by atoms with Crippen molar-refractivity contribution in [3.63, 3.8) is 0 Å². The van der Waals surface area contributed by atoms with Gasteiger partial charge in [0.25, 0.3) is 0 Å². The maximum atomic E-state index is 13.1. The first-order valence-electron chi connectivity index (χ1n) is 8.60. The van der Waals surface area contributed by atoms with Gasteiger partial charge in [0.15, 0.2) is 0 Å². The van der Waals surface area contributed by atoms with Crippen molar-refractivity contribution in [3.8, 4) is 0 Å². The lowest BCUT2D eigenvalue weighted by molar-refractivity contribution is -0.138. The molecule has 3 rings (SSSR count). The van der Waals surface area contributed by atoms with E-state index in [2.05, 4.69) is 4.90 Å². The van der Waals surface area contributed by atoms with Crippen LogP contribution in [0.1, 0.15) is 64.2 Å². The molecule has 2 atom stereocenters.